The van der Waals surface area contributed by atoms with E-state index in [1.165, 1.54) is 44.2 Å². The minimum atomic E-state index is -0.196. The van der Waals surface area contributed by atoms with Crippen LogP contribution in [0.5, 0.6) is 0 Å². The second-order valence-electron chi connectivity index (χ2n) is 14.5. The first kappa shape index (κ1) is 31.1. The van der Waals surface area contributed by atoms with E-state index in [2.05, 4.69) is 211 Å². The molecule has 0 amide bonds. The minimum absolute atomic E-state index is 0.196. The van der Waals surface area contributed by atoms with Crippen LogP contribution in [0.25, 0.3) is 61.1 Å². The van der Waals surface area contributed by atoms with Crippen molar-refractivity contribution in [3.05, 3.63) is 199 Å². The maximum Gasteiger partial charge on any atom is 0.145 e. The molecule has 0 saturated heterocycles. The fourth-order valence-electron chi connectivity index (χ4n) is 8.25. The molecule has 53 heavy (non-hydrogen) atoms. The summed E-state index contributed by atoms with van der Waals surface area (Å²) in [7, 11) is 0. The quantitative estimate of drug-likeness (QED) is 0.174. The van der Waals surface area contributed by atoms with Crippen molar-refractivity contribution in [2.24, 2.45) is 0 Å². The maximum atomic E-state index is 5.29. The van der Waals surface area contributed by atoms with Crippen LogP contribution in [0, 0.1) is 0 Å². The summed E-state index contributed by atoms with van der Waals surface area (Å²) >= 11 is 0. The zero-order valence-corrected chi connectivity index (χ0v) is 29.7. The summed E-state index contributed by atoms with van der Waals surface area (Å²) in [6.45, 7) is 4.71. The molecule has 1 heterocycles. The average molecular weight is 680 g/mol. The highest BCUT2D eigenvalue weighted by Gasteiger charge is 2.37. The van der Waals surface area contributed by atoms with Gasteiger partial charge in [-0.25, -0.2) is 4.98 Å². The van der Waals surface area contributed by atoms with Crippen molar-refractivity contribution in [3.63, 3.8) is 0 Å². The largest absolute Gasteiger partial charge is 0.310 e. The molecule has 3 heteroatoms. The summed E-state index contributed by atoms with van der Waals surface area (Å²) in [6, 6.07) is 67.7. The van der Waals surface area contributed by atoms with Crippen LogP contribution in [0.4, 0.5) is 17.1 Å². The first-order valence-corrected chi connectivity index (χ1v) is 18.3. The van der Waals surface area contributed by atoms with E-state index in [4.69, 9.17) is 4.98 Å². The topological polar surface area (TPSA) is 21.1 Å². The summed E-state index contributed by atoms with van der Waals surface area (Å²) in [6.07, 6.45) is 0. The molecule has 0 radical (unpaired) electrons. The number of hydrogen-bond acceptors (Lipinski definition) is 2. The van der Waals surface area contributed by atoms with Crippen molar-refractivity contribution in [3.8, 4) is 39.3 Å². The third-order valence-corrected chi connectivity index (χ3v) is 10.9. The summed E-state index contributed by atoms with van der Waals surface area (Å²) in [5, 5.41) is 2.46. The molecule has 0 fully saturated rings. The van der Waals surface area contributed by atoms with Gasteiger partial charge < -0.3 is 4.90 Å². The van der Waals surface area contributed by atoms with Gasteiger partial charge in [0.2, 0.25) is 0 Å². The lowest BCUT2D eigenvalue weighted by atomic mass is 9.81. The number of anilines is 3. The van der Waals surface area contributed by atoms with Crippen LogP contribution in [0.1, 0.15) is 25.0 Å². The number of fused-ring (bicyclic) bond motifs is 5. The van der Waals surface area contributed by atoms with Crippen LogP contribution < -0.4 is 4.90 Å². The molecule has 0 N–H and O–H groups in total. The van der Waals surface area contributed by atoms with Crippen LogP contribution in [0.3, 0.4) is 0 Å². The van der Waals surface area contributed by atoms with Gasteiger partial charge in [-0.15, -0.1) is 0 Å². The zero-order valence-electron chi connectivity index (χ0n) is 29.7. The lowest BCUT2D eigenvalue weighted by Gasteiger charge is -2.26. The zero-order chi connectivity index (χ0) is 35.5. The highest BCUT2D eigenvalue weighted by Crippen LogP contribution is 2.52. The van der Waals surface area contributed by atoms with Gasteiger partial charge in [-0.1, -0.05) is 129 Å². The SMILES string of the molecule is CC1(C)c2cc3cc(N(c4ccccc4)c4ccc(-c5ccccc5)cc4)ccc3cc2-c2cc3c(cc21)nc(-c1ccccc1)n3-c1ccccc1. The lowest BCUT2D eigenvalue weighted by Crippen LogP contribution is -2.15. The Bertz CT molecular complexity index is 2770. The van der Waals surface area contributed by atoms with Crippen LogP contribution in [0.2, 0.25) is 0 Å². The molecule has 1 aliphatic carbocycles. The predicted molar refractivity (Wildman–Crippen MR) is 222 cm³/mol. The third-order valence-electron chi connectivity index (χ3n) is 10.9. The smallest absolute Gasteiger partial charge is 0.145 e. The van der Waals surface area contributed by atoms with Crippen molar-refractivity contribution < 1.29 is 0 Å². The van der Waals surface area contributed by atoms with E-state index < -0.39 is 0 Å². The molecule has 0 spiro atoms. The normalized spacial score (nSPS) is 12.9. The Kier molecular flexibility index (Phi) is 7.16. The molecule has 1 aromatic heterocycles. The number of benzene rings is 8. The van der Waals surface area contributed by atoms with Gasteiger partial charge in [-0.05, 0) is 117 Å². The number of rotatable bonds is 6. The fourth-order valence-corrected chi connectivity index (χ4v) is 8.25. The molecule has 0 aliphatic heterocycles. The highest BCUT2D eigenvalue weighted by atomic mass is 15.1. The summed E-state index contributed by atoms with van der Waals surface area (Å²) in [5.41, 5.74) is 15.2. The van der Waals surface area contributed by atoms with Gasteiger partial charge in [0.1, 0.15) is 5.82 Å². The van der Waals surface area contributed by atoms with E-state index in [0.29, 0.717) is 0 Å². The number of hydrogen-bond donors (Lipinski definition) is 0. The molecule has 252 valence electrons. The summed E-state index contributed by atoms with van der Waals surface area (Å²) < 4.78 is 2.31. The molecule has 3 nitrogen and oxygen atoms in total. The number of nitrogens with zero attached hydrogens (tertiary/aromatic N) is 3. The molecular formula is C50H37N3. The van der Waals surface area contributed by atoms with Crippen LogP contribution in [0.15, 0.2) is 188 Å². The molecule has 0 unspecified atom stereocenters. The maximum absolute atomic E-state index is 5.29. The van der Waals surface area contributed by atoms with Gasteiger partial charge in [0, 0.05) is 33.7 Å². The van der Waals surface area contributed by atoms with Gasteiger partial charge in [-0.3, -0.25) is 4.57 Å². The number of imidazole rings is 1. The van der Waals surface area contributed by atoms with E-state index in [0.717, 1.165) is 45.2 Å². The predicted octanol–water partition coefficient (Wildman–Crippen LogP) is 13.3. The average Bonchev–Trinajstić information content (AvgIpc) is 3.69. The van der Waals surface area contributed by atoms with Crippen molar-refractivity contribution >= 4 is 38.9 Å². The highest BCUT2D eigenvalue weighted by molar-refractivity contribution is 5.99. The van der Waals surface area contributed by atoms with E-state index in [9.17, 15) is 0 Å². The molecule has 1 aliphatic rings. The van der Waals surface area contributed by atoms with Gasteiger partial charge in [0.15, 0.2) is 0 Å². The molecule has 0 bridgehead atoms. The Morgan fingerprint density at radius 1 is 0.453 bits per heavy atom. The molecule has 8 aromatic carbocycles. The Morgan fingerprint density at radius 2 is 1.00 bits per heavy atom. The lowest BCUT2D eigenvalue weighted by molar-refractivity contribution is 0.662. The second-order valence-corrected chi connectivity index (χ2v) is 14.5. The van der Waals surface area contributed by atoms with Crippen molar-refractivity contribution in [1.29, 1.82) is 0 Å². The van der Waals surface area contributed by atoms with Crippen molar-refractivity contribution in [2.75, 3.05) is 4.90 Å². The summed E-state index contributed by atoms with van der Waals surface area (Å²) in [4.78, 5) is 7.64. The molecule has 10 rings (SSSR count). The van der Waals surface area contributed by atoms with E-state index in [1.54, 1.807) is 0 Å². The van der Waals surface area contributed by atoms with Gasteiger partial charge in [0.25, 0.3) is 0 Å². The number of aromatic nitrogens is 2. The standard InChI is InChI=1S/C50H37N3/c1-50(2)45-31-38-29-42(52(39-19-11-5-12-20-39)41-26-23-35(24-27-41)34-15-7-3-8-16-34)28-25-37(38)30-43(45)44-32-48-47(33-46(44)50)51-49(36-17-9-4-10-18-36)53(48)40-21-13-6-14-22-40/h3-33H,1-2H3. The molecule has 9 aromatic rings. The van der Waals surface area contributed by atoms with Gasteiger partial charge in [0.05, 0.1) is 11.0 Å². The fraction of sp³-hybridized carbons (Fsp3) is 0.0600. The van der Waals surface area contributed by atoms with Crippen molar-refractivity contribution in [1.82, 2.24) is 9.55 Å². The minimum Gasteiger partial charge on any atom is -0.310 e. The Balaban J connectivity index is 1.11. The van der Waals surface area contributed by atoms with Crippen molar-refractivity contribution in [2.45, 2.75) is 19.3 Å². The van der Waals surface area contributed by atoms with Gasteiger partial charge in [-0.2, -0.15) is 0 Å². The Morgan fingerprint density at radius 3 is 1.70 bits per heavy atom. The monoisotopic (exact) mass is 679 g/mol. The van der Waals surface area contributed by atoms with Crippen LogP contribution in [-0.2, 0) is 5.41 Å². The first-order valence-electron chi connectivity index (χ1n) is 18.3. The Labute approximate surface area is 310 Å². The first-order chi connectivity index (χ1) is 26.0. The van der Waals surface area contributed by atoms with E-state index in [-0.39, 0.29) is 5.41 Å². The third kappa shape index (κ3) is 5.16. The summed E-state index contributed by atoms with van der Waals surface area (Å²) in [5.74, 6) is 0.956. The number of para-hydroxylation sites is 2. The van der Waals surface area contributed by atoms with Crippen LogP contribution in [-0.4, -0.2) is 9.55 Å². The van der Waals surface area contributed by atoms with Gasteiger partial charge >= 0.3 is 0 Å². The van der Waals surface area contributed by atoms with E-state index >= 15 is 0 Å². The molecule has 0 saturated carbocycles. The van der Waals surface area contributed by atoms with Crippen LogP contribution >= 0.6 is 0 Å². The Hall–Kier alpha value is -6.71. The second kappa shape index (κ2) is 12.2. The molecular weight excluding hydrogens is 643 g/mol. The molecule has 0 atom stereocenters. The van der Waals surface area contributed by atoms with E-state index in [1.807, 2.05) is 0 Å².